The Labute approximate surface area is 366 Å². The van der Waals surface area contributed by atoms with Gasteiger partial charge in [-0.3, -0.25) is 23.4 Å². The van der Waals surface area contributed by atoms with Crippen molar-refractivity contribution in [1.82, 2.24) is 24.8 Å². The molecule has 0 fully saturated rings. The van der Waals surface area contributed by atoms with Crippen molar-refractivity contribution in [2.75, 3.05) is 31.0 Å². The monoisotopic (exact) mass is 894 g/mol. The first-order chi connectivity index (χ1) is 30.2. The molecule has 5 N–H and O–H groups in total. The molecular weight excluding hydrogens is 852 g/mol. The lowest BCUT2D eigenvalue weighted by Gasteiger charge is -2.15. The topological polar surface area (TPSA) is 212 Å². The van der Waals surface area contributed by atoms with Crippen LogP contribution in [-0.4, -0.2) is 71.7 Å². The van der Waals surface area contributed by atoms with Gasteiger partial charge in [0.25, 0.3) is 15.9 Å². The smallest absolute Gasteiger partial charge is 0.337 e. The number of carbonyl (C=O) groups is 3. The lowest BCUT2D eigenvalue weighted by atomic mass is 10.0. The number of benzene rings is 5. The highest BCUT2D eigenvalue weighted by Crippen LogP contribution is 2.37. The highest BCUT2D eigenvalue weighted by molar-refractivity contribution is 7.92. The number of aryl methyl sites for hydroxylation is 2. The minimum Gasteiger partial charge on any atom is -0.493 e. The van der Waals surface area contributed by atoms with E-state index in [1.165, 1.54) is 45.7 Å². The molecule has 18 heteroatoms. The number of aromatic carboxylic acids is 1. The van der Waals surface area contributed by atoms with Gasteiger partial charge in [-0.2, -0.15) is 0 Å². The molecule has 16 nitrogen and oxygen atoms in total. The minimum absolute atomic E-state index is 0.0194. The number of anilines is 1. The Balaban J connectivity index is 0.925. The Morgan fingerprint density at radius 2 is 1.52 bits per heavy atom. The number of amides is 2. The molecule has 326 valence electrons. The number of fused-ring (bicyclic) bond motifs is 2. The molecule has 0 atom stereocenters. The van der Waals surface area contributed by atoms with Crippen LogP contribution in [0.1, 0.15) is 40.5 Å². The van der Waals surface area contributed by atoms with E-state index in [4.69, 9.17) is 25.8 Å². The molecule has 0 bridgehead atoms. The molecule has 0 aliphatic carbocycles. The zero-order valence-corrected chi connectivity index (χ0v) is 35.9. The van der Waals surface area contributed by atoms with Crippen molar-refractivity contribution in [3.63, 3.8) is 0 Å². The zero-order valence-electron chi connectivity index (χ0n) is 34.4. The molecular formula is C45H43ClN6O10S. The summed E-state index contributed by atoms with van der Waals surface area (Å²) in [6.07, 6.45) is 2.19. The van der Waals surface area contributed by atoms with Crippen LogP contribution in [0.25, 0.3) is 33.1 Å². The Kier molecular flexibility index (Phi) is 13.1. The molecule has 0 saturated heterocycles. The molecule has 7 aromatic rings. The fourth-order valence-corrected chi connectivity index (χ4v) is 8.16. The number of ether oxygens (including phenoxy) is 3. The molecule has 2 aromatic heterocycles. The molecule has 0 saturated carbocycles. The number of carboxylic acids is 1. The van der Waals surface area contributed by atoms with Gasteiger partial charge in [-0.05, 0) is 72.6 Å². The third-order valence-electron chi connectivity index (χ3n) is 10.0. The van der Waals surface area contributed by atoms with E-state index in [9.17, 15) is 32.7 Å². The molecule has 5 aromatic carbocycles. The predicted molar refractivity (Wildman–Crippen MR) is 239 cm³/mol. The van der Waals surface area contributed by atoms with Crippen molar-refractivity contribution in [1.29, 1.82) is 0 Å². The third-order valence-corrected chi connectivity index (χ3v) is 11.7. The van der Waals surface area contributed by atoms with Crippen molar-refractivity contribution < 1.29 is 42.1 Å². The number of rotatable bonds is 18. The highest BCUT2D eigenvalue weighted by atomic mass is 35.5. The van der Waals surface area contributed by atoms with Crippen molar-refractivity contribution in [3.8, 4) is 34.1 Å². The second-order valence-corrected chi connectivity index (χ2v) is 16.5. The Bertz CT molecular complexity index is 3030. The van der Waals surface area contributed by atoms with Crippen LogP contribution in [0.4, 0.5) is 5.69 Å². The average Bonchev–Trinajstić information content (AvgIpc) is 3.78. The Morgan fingerprint density at radius 1 is 0.810 bits per heavy atom. The number of aromatic nitrogens is 3. The van der Waals surface area contributed by atoms with E-state index in [0.29, 0.717) is 56.4 Å². The maximum absolute atomic E-state index is 13.8. The summed E-state index contributed by atoms with van der Waals surface area (Å²) in [6, 6.07) is 25.9. The van der Waals surface area contributed by atoms with Crippen LogP contribution < -0.4 is 35.3 Å². The van der Waals surface area contributed by atoms with Crippen LogP contribution in [0, 0.1) is 0 Å². The van der Waals surface area contributed by atoms with Gasteiger partial charge in [-0.25, -0.2) is 18.0 Å². The van der Waals surface area contributed by atoms with Gasteiger partial charge < -0.3 is 34.9 Å². The number of halogens is 1. The largest absolute Gasteiger partial charge is 0.493 e. The molecule has 2 amide bonds. The van der Waals surface area contributed by atoms with Crippen molar-refractivity contribution in [2.24, 2.45) is 14.1 Å². The number of imidazole rings is 1. The third kappa shape index (κ3) is 9.95. The molecule has 0 radical (unpaired) electrons. The maximum atomic E-state index is 13.8. The molecule has 7 rings (SSSR count). The second-order valence-electron chi connectivity index (χ2n) is 14.4. The minimum atomic E-state index is -4.31. The average molecular weight is 895 g/mol. The maximum Gasteiger partial charge on any atom is 0.337 e. The van der Waals surface area contributed by atoms with Gasteiger partial charge in [-0.15, -0.1) is 0 Å². The first kappa shape index (κ1) is 43.8. The van der Waals surface area contributed by atoms with Gasteiger partial charge in [0.1, 0.15) is 23.9 Å². The number of nitrogens with one attached hydrogen (secondary N) is 4. The lowest BCUT2D eigenvalue weighted by molar-refractivity contribution is -0.121. The van der Waals surface area contributed by atoms with E-state index < -0.39 is 21.9 Å². The molecule has 0 aliphatic rings. The Hall–Kier alpha value is -7.24. The van der Waals surface area contributed by atoms with Crippen LogP contribution in [0.3, 0.4) is 0 Å². The Morgan fingerprint density at radius 3 is 2.27 bits per heavy atom. The number of H-pyrrole nitrogens is 1. The van der Waals surface area contributed by atoms with Crippen molar-refractivity contribution >= 4 is 67.0 Å². The predicted octanol–water partition coefficient (Wildman–Crippen LogP) is 7.07. The summed E-state index contributed by atoms with van der Waals surface area (Å²) in [5.74, 6) is -0.351. The van der Waals surface area contributed by atoms with Crippen LogP contribution in [0.5, 0.6) is 23.0 Å². The molecule has 0 aliphatic heterocycles. The number of nitrogens with zero attached hydrogens (tertiary/aromatic N) is 2. The SMILES string of the molecule is CCCOc1cccc(Oc2cc3c(cc2NS(=O)(=O)c2cccc(C(=O)NCCC(=O)NCCOc4ccc(-c5cc6c(C(=O)O)c[nH]c6cc5Cl)cc4)c2)n(C)c(=O)n3C)c1. The van der Waals surface area contributed by atoms with E-state index >= 15 is 0 Å². The van der Waals surface area contributed by atoms with Gasteiger partial charge in [0.05, 0.1) is 45.4 Å². The van der Waals surface area contributed by atoms with Gasteiger partial charge in [0, 0.05) is 67.4 Å². The van der Waals surface area contributed by atoms with E-state index in [1.54, 1.807) is 80.8 Å². The van der Waals surface area contributed by atoms with Gasteiger partial charge >= 0.3 is 11.7 Å². The molecule has 2 heterocycles. The lowest BCUT2D eigenvalue weighted by Crippen LogP contribution is -2.32. The summed E-state index contributed by atoms with van der Waals surface area (Å²) in [5.41, 5.74) is 2.95. The van der Waals surface area contributed by atoms with Gasteiger partial charge in [0.2, 0.25) is 5.91 Å². The number of carbonyl (C=O) groups excluding carboxylic acids is 2. The normalized spacial score (nSPS) is 11.4. The van der Waals surface area contributed by atoms with Crippen LogP contribution in [0.2, 0.25) is 5.02 Å². The van der Waals surface area contributed by atoms with Crippen LogP contribution >= 0.6 is 11.6 Å². The quantitative estimate of drug-likeness (QED) is 0.0553. The fourth-order valence-electron chi connectivity index (χ4n) is 6.78. The summed E-state index contributed by atoms with van der Waals surface area (Å²) >= 11 is 6.49. The fraction of sp³-hybridized carbons (Fsp3) is 0.200. The molecule has 63 heavy (non-hydrogen) atoms. The van der Waals surface area contributed by atoms with E-state index in [0.717, 1.165) is 12.0 Å². The molecule has 0 unspecified atom stereocenters. The first-order valence-electron chi connectivity index (χ1n) is 19.8. The summed E-state index contributed by atoms with van der Waals surface area (Å²) in [5, 5.41) is 15.9. The summed E-state index contributed by atoms with van der Waals surface area (Å²) in [4.78, 5) is 52.7. The first-order valence-corrected chi connectivity index (χ1v) is 21.6. The van der Waals surface area contributed by atoms with E-state index in [2.05, 4.69) is 20.3 Å². The van der Waals surface area contributed by atoms with Gasteiger partial charge in [-0.1, -0.05) is 42.8 Å². The van der Waals surface area contributed by atoms with Crippen LogP contribution in [-0.2, 0) is 28.9 Å². The number of carboxylic acid groups (broad SMARTS) is 1. The second kappa shape index (κ2) is 18.8. The van der Waals surface area contributed by atoms with Crippen molar-refractivity contribution in [2.45, 2.75) is 24.7 Å². The summed E-state index contributed by atoms with van der Waals surface area (Å²) in [6.45, 7) is 2.82. The van der Waals surface area contributed by atoms with Gasteiger partial charge in [0.15, 0.2) is 5.75 Å². The molecule has 0 spiro atoms. The number of hydrogen-bond donors (Lipinski definition) is 5. The summed E-state index contributed by atoms with van der Waals surface area (Å²) in [7, 11) is -1.13. The number of hydrogen-bond acceptors (Lipinski definition) is 9. The summed E-state index contributed by atoms with van der Waals surface area (Å²) < 4.78 is 50.7. The number of sulfonamides is 1. The number of aromatic amines is 1. The van der Waals surface area contributed by atoms with E-state index in [-0.39, 0.29) is 65.2 Å². The van der Waals surface area contributed by atoms with Crippen molar-refractivity contribution in [3.05, 3.63) is 130 Å². The standard InChI is InChI=1S/C45H43ClN6O10S/c1-4-18-60-30-8-6-9-31(21-30)62-41-25-40-39(51(2)45(57)52(40)3)24-38(41)50-63(58,59)32-10-5-7-28(20-32)43(54)48-16-15-42(53)47-17-19-61-29-13-11-27(12-14-29)33-22-34-35(44(55)56)26-49-37(34)23-36(33)46/h5-14,20-26,49-50H,4,15-19H2,1-3H3,(H,47,53)(H,48,54)(H,55,56). The van der Waals surface area contributed by atoms with Crippen LogP contribution in [0.15, 0.2) is 113 Å². The zero-order chi connectivity index (χ0) is 44.8. The van der Waals surface area contributed by atoms with E-state index in [1.807, 2.05) is 6.92 Å². The highest BCUT2D eigenvalue weighted by Gasteiger charge is 2.22.